The van der Waals surface area contributed by atoms with Gasteiger partial charge in [-0.2, -0.15) is 0 Å². The van der Waals surface area contributed by atoms with Crippen LogP contribution >= 0.6 is 0 Å². The van der Waals surface area contributed by atoms with E-state index in [0.717, 1.165) is 48.6 Å². The van der Waals surface area contributed by atoms with Crippen LogP contribution in [0.4, 0.5) is 0 Å². The summed E-state index contributed by atoms with van der Waals surface area (Å²) in [5.41, 5.74) is 3.99. The van der Waals surface area contributed by atoms with Gasteiger partial charge in [-0.1, -0.05) is 51.9 Å². The van der Waals surface area contributed by atoms with Crippen molar-refractivity contribution in [2.24, 2.45) is 5.73 Å². The molecule has 2 aliphatic rings. The topological polar surface area (TPSA) is 225 Å². The summed E-state index contributed by atoms with van der Waals surface area (Å²) in [4.78, 5) is 50.9. The highest BCUT2D eigenvalue weighted by Gasteiger charge is 2.52. The van der Waals surface area contributed by atoms with Crippen molar-refractivity contribution < 1.29 is 43.9 Å². The third kappa shape index (κ3) is 8.49. The smallest absolute Gasteiger partial charge is 0.330 e. The molecule has 3 heterocycles. The molecule has 1 saturated heterocycles. The van der Waals surface area contributed by atoms with E-state index in [1.807, 2.05) is 4.98 Å². The minimum Gasteiger partial charge on any atom is -0.456 e. The van der Waals surface area contributed by atoms with Gasteiger partial charge in [-0.25, -0.2) is 4.79 Å². The first-order valence-corrected chi connectivity index (χ1v) is 14.2. The van der Waals surface area contributed by atoms with E-state index in [-0.39, 0.29) is 5.76 Å². The normalized spacial score (nSPS) is 28.1. The lowest BCUT2D eigenvalue weighted by Gasteiger charge is -2.35. The number of methoxy groups -OCH3 is 1. The van der Waals surface area contributed by atoms with Crippen LogP contribution in [0.2, 0.25) is 0 Å². The molecule has 1 aromatic heterocycles. The van der Waals surface area contributed by atoms with E-state index in [4.69, 9.17) is 24.7 Å². The zero-order valence-corrected chi connectivity index (χ0v) is 23.8. The van der Waals surface area contributed by atoms with Crippen LogP contribution in [0.5, 0.6) is 0 Å². The van der Waals surface area contributed by atoms with Crippen LogP contribution in [-0.2, 0) is 28.5 Å². The molecule has 0 saturated carbocycles. The fourth-order valence-corrected chi connectivity index (χ4v) is 4.94. The molecule has 1 fully saturated rings. The summed E-state index contributed by atoms with van der Waals surface area (Å²) < 4.78 is 23.1. The summed E-state index contributed by atoms with van der Waals surface area (Å²) in [6.45, 7) is 2.54. The molecule has 0 bridgehead atoms. The van der Waals surface area contributed by atoms with Crippen LogP contribution in [0.25, 0.3) is 0 Å². The van der Waals surface area contributed by atoms with Crippen LogP contribution in [0, 0.1) is 0 Å². The number of aromatic nitrogens is 2. The SMILES string of the molecule is CCCCCCCCCCNC(=O)C1=C[C@H](O)[C@H](O)[C@@H](O[C@@H](C(N)=O)[C@H]2O[C@@H](n3ccc(=O)[nH]c3=O)[C@H](O)[C@@H]2OC)O1. The number of primary amides is 1. The Balaban J connectivity index is 1.63. The standard InChI is InChI=1S/C27H42N4O11/c1-3-4-5-6-7-8-9-10-12-29-24(37)16-14-15(32)18(34)26(40-16)42-22(23(28)36)21-20(39-2)19(35)25(41-21)31-13-11-17(33)30-27(31)38/h11,13-15,18-22,25-26,32,34-35H,3-10,12H2,1-2H3,(H2,28,36)(H,29,37)(H,30,33,38)/t15-,18-,19+,20-,21-,22+,25+,26+/m0/s1. The number of nitrogens with zero attached hydrogens (tertiary/aromatic N) is 1. The van der Waals surface area contributed by atoms with Crippen LogP contribution < -0.4 is 22.3 Å². The monoisotopic (exact) mass is 598 g/mol. The van der Waals surface area contributed by atoms with E-state index in [9.17, 15) is 34.5 Å². The zero-order valence-electron chi connectivity index (χ0n) is 23.8. The quantitative estimate of drug-likeness (QED) is 0.125. The maximum Gasteiger partial charge on any atom is 0.330 e. The number of hydrogen-bond donors (Lipinski definition) is 6. The van der Waals surface area contributed by atoms with Crippen molar-refractivity contribution in [1.29, 1.82) is 0 Å². The largest absolute Gasteiger partial charge is 0.456 e. The van der Waals surface area contributed by atoms with Crippen molar-refractivity contribution in [2.75, 3.05) is 13.7 Å². The van der Waals surface area contributed by atoms with Gasteiger partial charge in [-0.3, -0.25) is 23.9 Å². The van der Waals surface area contributed by atoms with Gasteiger partial charge in [-0.15, -0.1) is 0 Å². The lowest BCUT2D eigenvalue weighted by atomic mass is 10.0. The molecule has 1 aromatic rings. The van der Waals surface area contributed by atoms with E-state index >= 15 is 0 Å². The number of unbranched alkanes of at least 4 members (excludes halogenated alkanes) is 7. The first-order chi connectivity index (χ1) is 20.1. The number of carbonyl (C=O) groups excluding carboxylic acids is 2. The molecule has 15 heteroatoms. The van der Waals surface area contributed by atoms with Crippen LogP contribution in [0.1, 0.15) is 64.5 Å². The molecule has 2 aliphatic heterocycles. The lowest BCUT2D eigenvalue weighted by molar-refractivity contribution is -0.241. The number of carbonyl (C=O) groups is 2. The number of H-pyrrole nitrogens is 1. The second kappa shape index (κ2) is 16.0. The summed E-state index contributed by atoms with van der Waals surface area (Å²) in [5.74, 6) is -2.08. The molecule has 0 radical (unpaired) electrons. The van der Waals surface area contributed by atoms with E-state index in [1.165, 1.54) is 32.8 Å². The molecular weight excluding hydrogens is 556 g/mol. The minimum absolute atomic E-state index is 0.325. The summed E-state index contributed by atoms with van der Waals surface area (Å²) in [7, 11) is 1.22. The number of rotatable bonds is 16. The highest BCUT2D eigenvalue weighted by Crippen LogP contribution is 2.34. The Morgan fingerprint density at radius 2 is 1.76 bits per heavy atom. The van der Waals surface area contributed by atoms with Gasteiger partial charge < -0.3 is 45.3 Å². The van der Waals surface area contributed by atoms with Gasteiger partial charge in [0.1, 0.15) is 30.5 Å². The van der Waals surface area contributed by atoms with Crippen molar-refractivity contribution in [3.8, 4) is 0 Å². The molecule has 236 valence electrons. The number of nitrogens with one attached hydrogen (secondary N) is 2. The number of aliphatic hydroxyl groups is 3. The highest BCUT2D eigenvalue weighted by molar-refractivity contribution is 5.91. The van der Waals surface area contributed by atoms with Crippen molar-refractivity contribution >= 4 is 11.8 Å². The maximum atomic E-state index is 12.7. The molecule has 0 aliphatic carbocycles. The van der Waals surface area contributed by atoms with Crippen LogP contribution in [0.3, 0.4) is 0 Å². The predicted molar refractivity (Wildman–Crippen MR) is 147 cm³/mol. The number of aliphatic hydroxyl groups excluding tert-OH is 3. The van der Waals surface area contributed by atoms with Crippen molar-refractivity contribution in [3.05, 3.63) is 44.9 Å². The molecular formula is C27H42N4O11. The molecule has 3 rings (SSSR count). The van der Waals surface area contributed by atoms with E-state index < -0.39 is 72.2 Å². The van der Waals surface area contributed by atoms with Crippen LogP contribution in [-0.4, -0.2) is 93.3 Å². The van der Waals surface area contributed by atoms with Gasteiger partial charge in [0.2, 0.25) is 12.2 Å². The maximum absolute atomic E-state index is 12.7. The molecule has 42 heavy (non-hydrogen) atoms. The third-order valence-corrected chi connectivity index (χ3v) is 7.24. The number of nitrogens with two attached hydrogens (primary N) is 1. The summed E-state index contributed by atoms with van der Waals surface area (Å²) >= 11 is 0. The average Bonchev–Trinajstić information content (AvgIpc) is 3.27. The molecule has 2 amide bonds. The number of hydrogen-bond acceptors (Lipinski definition) is 11. The Hall–Kier alpha value is -3.08. The second-order valence-corrected chi connectivity index (χ2v) is 10.4. The number of ether oxygens (including phenoxy) is 4. The fraction of sp³-hybridized carbons (Fsp3) is 0.704. The first-order valence-electron chi connectivity index (χ1n) is 14.2. The second-order valence-electron chi connectivity index (χ2n) is 10.4. The summed E-state index contributed by atoms with van der Waals surface area (Å²) in [6.07, 6.45) is -1.53. The zero-order chi connectivity index (χ0) is 30.8. The predicted octanol–water partition coefficient (Wildman–Crippen LogP) is -1.10. The van der Waals surface area contributed by atoms with Crippen molar-refractivity contribution in [1.82, 2.24) is 14.9 Å². The molecule has 0 aromatic carbocycles. The van der Waals surface area contributed by atoms with Crippen molar-refractivity contribution in [3.63, 3.8) is 0 Å². The summed E-state index contributed by atoms with van der Waals surface area (Å²) in [5, 5.41) is 34.4. The van der Waals surface area contributed by atoms with Crippen molar-refractivity contribution in [2.45, 2.75) is 107 Å². The van der Waals surface area contributed by atoms with Gasteiger partial charge in [-0.05, 0) is 12.5 Å². The van der Waals surface area contributed by atoms with Gasteiger partial charge in [0, 0.05) is 25.9 Å². The Morgan fingerprint density at radius 1 is 1.10 bits per heavy atom. The molecule has 8 atom stereocenters. The third-order valence-electron chi connectivity index (χ3n) is 7.24. The van der Waals surface area contributed by atoms with Gasteiger partial charge in [0.15, 0.2) is 18.1 Å². The first kappa shape index (κ1) is 33.4. The Bertz CT molecular complexity index is 1190. The van der Waals surface area contributed by atoms with E-state index in [1.54, 1.807) is 0 Å². The Morgan fingerprint density at radius 3 is 2.38 bits per heavy atom. The lowest BCUT2D eigenvalue weighted by Crippen LogP contribution is -2.54. The van der Waals surface area contributed by atoms with Gasteiger partial charge in [0.05, 0.1) is 0 Å². The van der Waals surface area contributed by atoms with E-state index in [0.29, 0.717) is 6.54 Å². The number of amides is 2. The fourth-order valence-electron chi connectivity index (χ4n) is 4.94. The minimum atomic E-state index is -1.74. The van der Waals surface area contributed by atoms with Gasteiger partial charge >= 0.3 is 5.69 Å². The summed E-state index contributed by atoms with van der Waals surface area (Å²) in [6, 6.07) is 1.04. The molecule has 0 spiro atoms. The Kier molecular flexibility index (Phi) is 12.7. The van der Waals surface area contributed by atoms with Crippen LogP contribution in [0.15, 0.2) is 33.7 Å². The molecule has 7 N–H and O–H groups in total. The highest BCUT2D eigenvalue weighted by atomic mass is 16.7. The van der Waals surface area contributed by atoms with Gasteiger partial charge in [0.25, 0.3) is 11.5 Å². The Labute approximate surface area is 242 Å². The molecule has 0 unspecified atom stereocenters. The average molecular weight is 599 g/mol. The van der Waals surface area contributed by atoms with E-state index in [2.05, 4.69) is 12.2 Å². The molecule has 15 nitrogen and oxygen atoms in total. The number of aromatic amines is 1.